The molecule has 1 saturated heterocycles. The van der Waals surface area contributed by atoms with Crippen LogP contribution in [0.1, 0.15) is 24.5 Å². The number of ether oxygens (including phenoxy) is 1. The third kappa shape index (κ3) is 3.48. The van der Waals surface area contributed by atoms with E-state index in [9.17, 15) is 14.5 Å². The maximum atomic E-state index is 13.8. The summed E-state index contributed by atoms with van der Waals surface area (Å²) in [5.74, 6) is -0.485. The zero-order chi connectivity index (χ0) is 18.7. The number of anilines is 1. The average molecular weight is 364 g/mol. The van der Waals surface area contributed by atoms with Crippen LogP contribution in [0.15, 0.2) is 24.4 Å². The largest absolute Gasteiger partial charge is 0.494 e. The predicted octanol–water partition coefficient (Wildman–Crippen LogP) is 2.32. The lowest BCUT2D eigenvalue weighted by molar-refractivity contribution is -0.384. The molecule has 2 heterocycles. The normalized spacial score (nSPS) is 15.3. The highest BCUT2D eigenvalue weighted by Crippen LogP contribution is 2.38. The van der Waals surface area contributed by atoms with Crippen molar-refractivity contribution in [3.05, 3.63) is 46.0 Å². The van der Waals surface area contributed by atoms with Crippen LogP contribution in [0.3, 0.4) is 0 Å². The van der Waals surface area contributed by atoms with E-state index in [1.54, 1.807) is 10.9 Å². The van der Waals surface area contributed by atoms with Gasteiger partial charge in [0, 0.05) is 37.0 Å². The second kappa shape index (κ2) is 7.69. The van der Waals surface area contributed by atoms with E-state index in [2.05, 4.69) is 5.10 Å². The van der Waals surface area contributed by atoms with Crippen molar-refractivity contribution in [3.8, 4) is 5.75 Å². The standard InChI is InChI=1S/C17H21FN4O4/c1-26-17-11-15(16(22(24)25)10-13(17)18)20-6-3-12(4-7-20)14-2-5-19-21(14)8-9-23/h2,5,10-12,23H,3-4,6-9H2,1H3. The second-order valence-electron chi connectivity index (χ2n) is 6.20. The van der Waals surface area contributed by atoms with Crippen molar-refractivity contribution < 1.29 is 19.2 Å². The Labute approximate surface area is 149 Å². The van der Waals surface area contributed by atoms with Gasteiger partial charge in [-0.2, -0.15) is 5.10 Å². The van der Waals surface area contributed by atoms with Crippen LogP contribution in [0.4, 0.5) is 15.8 Å². The zero-order valence-corrected chi connectivity index (χ0v) is 14.5. The lowest BCUT2D eigenvalue weighted by Crippen LogP contribution is -2.34. The summed E-state index contributed by atoms with van der Waals surface area (Å²) in [6, 6.07) is 4.25. The van der Waals surface area contributed by atoms with Gasteiger partial charge in [0.2, 0.25) is 0 Å². The Kier molecular flexibility index (Phi) is 5.36. The number of rotatable bonds is 6. The van der Waals surface area contributed by atoms with E-state index in [0.29, 0.717) is 25.3 Å². The third-order valence-corrected chi connectivity index (χ3v) is 4.76. The molecule has 140 valence electrons. The Morgan fingerprint density at radius 1 is 1.42 bits per heavy atom. The molecule has 0 amide bonds. The van der Waals surface area contributed by atoms with Crippen molar-refractivity contribution in [3.63, 3.8) is 0 Å². The maximum absolute atomic E-state index is 13.8. The molecule has 2 aromatic rings. The lowest BCUT2D eigenvalue weighted by atomic mass is 9.93. The van der Waals surface area contributed by atoms with Crippen molar-refractivity contribution in [2.75, 3.05) is 31.7 Å². The number of methoxy groups -OCH3 is 1. The monoisotopic (exact) mass is 364 g/mol. The van der Waals surface area contributed by atoms with E-state index in [1.165, 1.54) is 13.2 Å². The van der Waals surface area contributed by atoms with Crippen LogP contribution in [0.25, 0.3) is 0 Å². The molecule has 1 fully saturated rings. The van der Waals surface area contributed by atoms with Crippen molar-refractivity contribution in [1.82, 2.24) is 9.78 Å². The van der Waals surface area contributed by atoms with Gasteiger partial charge in [0.1, 0.15) is 5.69 Å². The molecular formula is C17H21FN4O4. The summed E-state index contributed by atoms with van der Waals surface area (Å²) in [7, 11) is 1.34. The maximum Gasteiger partial charge on any atom is 0.295 e. The van der Waals surface area contributed by atoms with Crippen LogP contribution in [0, 0.1) is 15.9 Å². The molecule has 1 N–H and O–H groups in total. The molecule has 1 aromatic carbocycles. The first-order valence-corrected chi connectivity index (χ1v) is 8.44. The summed E-state index contributed by atoms with van der Waals surface area (Å²) in [6.07, 6.45) is 3.29. The molecule has 0 bridgehead atoms. The number of nitrogens with zero attached hydrogens (tertiary/aromatic N) is 4. The fraction of sp³-hybridized carbons (Fsp3) is 0.471. The highest BCUT2D eigenvalue weighted by Gasteiger charge is 2.28. The zero-order valence-electron chi connectivity index (χ0n) is 14.5. The minimum absolute atomic E-state index is 0.00579. The van der Waals surface area contributed by atoms with Crippen molar-refractivity contribution >= 4 is 11.4 Å². The van der Waals surface area contributed by atoms with Crippen molar-refractivity contribution in [2.45, 2.75) is 25.3 Å². The lowest BCUT2D eigenvalue weighted by Gasteiger charge is -2.33. The molecule has 0 aliphatic carbocycles. The molecule has 1 aliphatic rings. The van der Waals surface area contributed by atoms with Crippen LogP contribution in [-0.2, 0) is 6.54 Å². The van der Waals surface area contributed by atoms with E-state index >= 15 is 0 Å². The first-order chi connectivity index (χ1) is 12.5. The molecule has 1 aliphatic heterocycles. The Morgan fingerprint density at radius 2 is 2.15 bits per heavy atom. The first kappa shape index (κ1) is 18.1. The van der Waals surface area contributed by atoms with Gasteiger partial charge in [0.15, 0.2) is 11.6 Å². The fourth-order valence-corrected chi connectivity index (χ4v) is 3.48. The molecular weight excluding hydrogens is 343 g/mol. The van der Waals surface area contributed by atoms with Crippen LogP contribution in [-0.4, -0.2) is 46.6 Å². The Morgan fingerprint density at radius 3 is 2.77 bits per heavy atom. The second-order valence-corrected chi connectivity index (χ2v) is 6.20. The molecule has 26 heavy (non-hydrogen) atoms. The van der Waals surface area contributed by atoms with Gasteiger partial charge in [-0.1, -0.05) is 0 Å². The van der Waals surface area contributed by atoms with Gasteiger partial charge < -0.3 is 14.7 Å². The van der Waals surface area contributed by atoms with Crippen LogP contribution in [0.2, 0.25) is 0 Å². The summed E-state index contributed by atoms with van der Waals surface area (Å²) >= 11 is 0. The van der Waals surface area contributed by atoms with Crippen LogP contribution < -0.4 is 9.64 Å². The van der Waals surface area contributed by atoms with E-state index in [-0.39, 0.29) is 24.0 Å². The van der Waals surface area contributed by atoms with Gasteiger partial charge in [0.25, 0.3) is 5.69 Å². The van der Waals surface area contributed by atoms with E-state index in [1.807, 2.05) is 11.0 Å². The molecule has 8 nitrogen and oxygen atoms in total. The molecule has 0 radical (unpaired) electrons. The van der Waals surface area contributed by atoms with Gasteiger partial charge in [-0.15, -0.1) is 0 Å². The quantitative estimate of drug-likeness (QED) is 0.624. The highest BCUT2D eigenvalue weighted by molar-refractivity contribution is 5.66. The van der Waals surface area contributed by atoms with E-state index in [4.69, 9.17) is 9.84 Å². The van der Waals surface area contributed by atoms with Gasteiger partial charge in [-0.05, 0) is 18.9 Å². The number of piperidine rings is 1. The number of nitro benzene ring substituents is 1. The summed E-state index contributed by atoms with van der Waals surface area (Å²) in [5, 5.41) is 24.7. The highest BCUT2D eigenvalue weighted by atomic mass is 19.1. The smallest absolute Gasteiger partial charge is 0.295 e. The van der Waals surface area contributed by atoms with E-state index < -0.39 is 10.7 Å². The number of halogens is 1. The van der Waals surface area contributed by atoms with Crippen LogP contribution >= 0.6 is 0 Å². The van der Waals surface area contributed by atoms with Gasteiger partial charge in [0.05, 0.1) is 31.3 Å². The number of aliphatic hydroxyl groups excluding tert-OH is 1. The molecule has 9 heteroatoms. The number of aliphatic hydroxyl groups is 1. The van der Waals surface area contributed by atoms with Gasteiger partial charge in [-0.3, -0.25) is 14.8 Å². The summed E-state index contributed by atoms with van der Waals surface area (Å²) < 4.78 is 20.6. The minimum atomic E-state index is -0.745. The third-order valence-electron chi connectivity index (χ3n) is 4.76. The molecule has 0 unspecified atom stereocenters. The van der Waals surface area contributed by atoms with Crippen LogP contribution in [0.5, 0.6) is 5.75 Å². The SMILES string of the molecule is COc1cc(N2CCC(c3ccnn3CCO)CC2)c([N+](=O)[O-])cc1F. The van der Waals surface area contributed by atoms with Gasteiger partial charge in [-0.25, -0.2) is 4.39 Å². The first-order valence-electron chi connectivity index (χ1n) is 8.44. The van der Waals surface area contributed by atoms with Gasteiger partial charge >= 0.3 is 0 Å². The number of aromatic nitrogens is 2. The molecule has 0 spiro atoms. The summed E-state index contributed by atoms with van der Waals surface area (Å²) in [4.78, 5) is 12.6. The molecule has 1 aromatic heterocycles. The number of benzene rings is 1. The average Bonchev–Trinajstić information content (AvgIpc) is 3.10. The van der Waals surface area contributed by atoms with Crippen molar-refractivity contribution in [2.24, 2.45) is 0 Å². The minimum Gasteiger partial charge on any atom is -0.494 e. The summed E-state index contributed by atoms with van der Waals surface area (Å²) in [6.45, 7) is 1.67. The predicted molar refractivity (Wildman–Crippen MR) is 93.1 cm³/mol. The topological polar surface area (TPSA) is 93.7 Å². The summed E-state index contributed by atoms with van der Waals surface area (Å²) in [5.41, 5.74) is 1.17. The van der Waals surface area contributed by atoms with Crippen molar-refractivity contribution in [1.29, 1.82) is 0 Å². The van der Waals surface area contributed by atoms with E-state index in [0.717, 1.165) is 24.6 Å². The number of hydrogen-bond donors (Lipinski definition) is 1. The molecule has 3 rings (SSSR count). The fourth-order valence-electron chi connectivity index (χ4n) is 3.48. The number of nitro groups is 1. The molecule has 0 saturated carbocycles. The number of hydrogen-bond acceptors (Lipinski definition) is 6. The molecule has 0 atom stereocenters. The Balaban J connectivity index is 1.79. The Bertz CT molecular complexity index is 787. The Hall–Kier alpha value is -2.68.